The third-order valence-corrected chi connectivity index (χ3v) is 2.24. The Bertz CT molecular complexity index is 524. The van der Waals surface area contributed by atoms with E-state index in [1.807, 2.05) is 0 Å². The Labute approximate surface area is 97.8 Å². The third-order valence-electron chi connectivity index (χ3n) is 2.24. The highest BCUT2D eigenvalue weighted by Crippen LogP contribution is 2.17. The van der Waals surface area contributed by atoms with Crippen molar-refractivity contribution in [3.05, 3.63) is 12.7 Å². The number of aromatic amines is 1. The van der Waals surface area contributed by atoms with Crippen molar-refractivity contribution < 1.29 is 9.53 Å². The molecule has 2 aromatic heterocycles. The molecule has 1 N–H and O–H groups in total. The number of hydrogen-bond donors (Lipinski definition) is 1. The molecule has 0 saturated heterocycles. The summed E-state index contributed by atoms with van der Waals surface area (Å²) in [6, 6.07) is 0. The van der Waals surface area contributed by atoms with E-state index < -0.39 is 0 Å². The number of carbonyl (C=O) groups excluding carboxylic acids is 1. The van der Waals surface area contributed by atoms with Crippen LogP contribution in [0, 0.1) is 0 Å². The van der Waals surface area contributed by atoms with Gasteiger partial charge >= 0.3 is 5.97 Å². The number of ether oxygens (including phenoxy) is 1. The number of hydrogen-bond acceptors (Lipinski definition) is 6. The summed E-state index contributed by atoms with van der Waals surface area (Å²) in [4.78, 5) is 28.2. The molecule has 0 radical (unpaired) electrons. The second kappa shape index (κ2) is 4.77. The van der Waals surface area contributed by atoms with Crippen molar-refractivity contribution in [2.75, 3.05) is 25.1 Å². The van der Waals surface area contributed by atoms with Gasteiger partial charge in [-0.05, 0) is 6.92 Å². The van der Waals surface area contributed by atoms with E-state index in [0.717, 1.165) is 0 Å². The Hall–Kier alpha value is -2.18. The molecule has 0 spiro atoms. The average Bonchev–Trinajstić information content (AvgIpc) is 2.76. The highest BCUT2D eigenvalue weighted by atomic mass is 16.5. The lowest BCUT2D eigenvalue weighted by atomic mass is 10.4. The third kappa shape index (κ3) is 2.32. The predicted octanol–water partition coefficient (Wildman–Crippen LogP) is 0.352. The first-order chi connectivity index (χ1) is 8.22. The monoisotopic (exact) mass is 235 g/mol. The molecule has 0 fully saturated rings. The van der Waals surface area contributed by atoms with Crippen LogP contribution in [0.1, 0.15) is 6.92 Å². The number of esters is 1. The Morgan fingerprint density at radius 1 is 1.47 bits per heavy atom. The van der Waals surface area contributed by atoms with Crippen LogP contribution in [-0.4, -0.2) is 46.1 Å². The highest BCUT2D eigenvalue weighted by molar-refractivity contribution is 5.85. The van der Waals surface area contributed by atoms with Crippen molar-refractivity contribution >= 4 is 23.0 Å². The number of rotatable bonds is 4. The normalized spacial score (nSPS) is 10.5. The van der Waals surface area contributed by atoms with E-state index in [2.05, 4.69) is 19.9 Å². The quantitative estimate of drug-likeness (QED) is 0.770. The Kier molecular flexibility index (Phi) is 3.17. The summed E-state index contributed by atoms with van der Waals surface area (Å²) in [5.74, 6) is 0.335. The molecule has 90 valence electrons. The van der Waals surface area contributed by atoms with E-state index in [-0.39, 0.29) is 12.5 Å². The molecule has 0 aliphatic rings. The largest absolute Gasteiger partial charge is 0.465 e. The van der Waals surface area contributed by atoms with Crippen molar-refractivity contribution in [3.63, 3.8) is 0 Å². The van der Waals surface area contributed by atoms with Crippen LogP contribution < -0.4 is 4.90 Å². The van der Waals surface area contributed by atoms with E-state index in [1.165, 1.54) is 6.33 Å². The molecule has 0 amide bonds. The van der Waals surface area contributed by atoms with Gasteiger partial charge in [0.2, 0.25) is 0 Å². The number of aromatic nitrogens is 4. The number of imidazole rings is 1. The Balaban J connectivity index is 2.21. The van der Waals surface area contributed by atoms with Gasteiger partial charge in [0.15, 0.2) is 11.5 Å². The molecule has 7 heteroatoms. The van der Waals surface area contributed by atoms with Crippen LogP contribution in [0.25, 0.3) is 11.2 Å². The van der Waals surface area contributed by atoms with Crippen molar-refractivity contribution in [2.24, 2.45) is 0 Å². The van der Waals surface area contributed by atoms with Gasteiger partial charge in [-0.1, -0.05) is 0 Å². The van der Waals surface area contributed by atoms with Crippen LogP contribution in [0.5, 0.6) is 0 Å². The molecule has 0 unspecified atom stereocenters. The van der Waals surface area contributed by atoms with E-state index in [1.54, 1.807) is 25.2 Å². The summed E-state index contributed by atoms with van der Waals surface area (Å²) in [6.45, 7) is 2.28. The van der Waals surface area contributed by atoms with Gasteiger partial charge in [-0.25, -0.2) is 15.0 Å². The smallest absolute Gasteiger partial charge is 0.325 e. The van der Waals surface area contributed by atoms with Crippen molar-refractivity contribution in [3.8, 4) is 0 Å². The fraction of sp³-hybridized carbons (Fsp3) is 0.400. The molecule has 0 aliphatic heterocycles. The van der Waals surface area contributed by atoms with Gasteiger partial charge in [0.25, 0.3) is 0 Å². The van der Waals surface area contributed by atoms with Crippen LogP contribution >= 0.6 is 0 Å². The minimum atomic E-state index is -0.290. The zero-order valence-electron chi connectivity index (χ0n) is 9.67. The maximum atomic E-state index is 11.4. The zero-order valence-corrected chi connectivity index (χ0v) is 9.67. The Morgan fingerprint density at radius 3 is 3.06 bits per heavy atom. The first-order valence-corrected chi connectivity index (χ1v) is 5.23. The summed E-state index contributed by atoms with van der Waals surface area (Å²) in [5.41, 5.74) is 1.28. The maximum Gasteiger partial charge on any atom is 0.325 e. The second-order valence-electron chi connectivity index (χ2n) is 3.46. The molecule has 2 rings (SSSR count). The molecular weight excluding hydrogens is 222 g/mol. The van der Waals surface area contributed by atoms with Gasteiger partial charge in [0.05, 0.1) is 12.9 Å². The number of H-pyrrole nitrogens is 1. The number of likely N-dealkylation sites (N-methyl/N-ethyl adjacent to an activating group) is 1. The van der Waals surface area contributed by atoms with Crippen LogP contribution in [0.15, 0.2) is 12.7 Å². The van der Waals surface area contributed by atoms with Gasteiger partial charge in [0.1, 0.15) is 18.4 Å². The number of carbonyl (C=O) groups is 1. The maximum absolute atomic E-state index is 11.4. The molecule has 2 aromatic rings. The summed E-state index contributed by atoms with van der Waals surface area (Å²) < 4.78 is 4.88. The molecule has 0 aliphatic carbocycles. The first-order valence-electron chi connectivity index (χ1n) is 5.23. The van der Waals surface area contributed by atoms with Crippen LogP contribution in [-0.2, 0) is 9.53 Å². The minimum Gasteiger partial charge on any atom is -0.465 e. The standard InChI is InChI=1S/C10H13N5O2/c1-3-17-7(16)4-15(2)10-8-9(12-5-11-8)13-6-14-10/h5-6H,3-4H2,1-2H3,(H,11,12,13,14). The van der Waals surface area contributed by atoms with Gasteiger partial charge in [0, 0.05) is 7.05 Å². The lowest BCUT2D eigenvalue weighted by Gasteiger charge is -2.16. The molecule has 0 bridgehead atoms. The highest BCUT2D eigenvalue weighted by Gasteiger charge is 2.13. The van der Waals surface area contributed by atoms with E-state index >= 15 is 0 Å². The van der Waals surface area contributed by atoms with Gasteiger partial charge in [-0.2, -0.15) is 0 Å². The average molecular weight is 235 g/mol. The van der Waals surface area contributed by atoms with E-state index in [9.17, 15) is 4.79 Å². The fourth-order valence-electron chi connectivity index (χ4n) is 1.52. The lowest BCUT2D eigenvalue weighted by molar-refractivity contribution is -0.141. The molecule has 0 aromatic carbocycles. The first kappa shape index (κ1) is 11.3. The number of nitrogens with one attached hydrogen (secondary N) is 1. The molecule has 0 atom stereocenters. The summed E-state index contributed by atoms with van der Waals surface area (Å²) in [6.07, 6.45) is 2.96. The SMILES string of the molecule is CCOC(=O)CN(C)c1ncnc2nc[nH]c12. The van der Waals surface area contributed by atoms with E-state index in [0.29, 0.717) is 23.6 Å². The van der Waals surface area contributed by atoms with Crippen molar-refractivity contribution in [2.45, 2.75) is 6.92 Å². The predicted molar refractivity (Wildman–Crippen MR) is 61.6 cm³/mol. The topological polar surface area (TPSA) is 84.0 Å². The van der Waals surface area contributed by atoms with Gasteiger partial charge in [-0.3, -0.25) is 4.79 Å². The number of nitrogens with zero attached hydrogens (tertiary/aromatic N) is 4. The number of anilines is 1. The molecule has 2 heterocycles. The molecular formula is C10H13N5O2. The zero-order chi connectivity index (χ0) is 12.3. The Morgan fingerprint density at radius 2 is 2.29 bits per heavy atom. The second-order valence-corrected chi connectivity index (χ2v) is 3.46. The van der Waals surface area contributed by atoms with Crippen LogP contribution in [0.2, 0.25) is 0 Å². The van der Waals surface area contributed by atoms with Crippen molar-refractivity contribution in [1.82, 2.24) is 19.9 Å². The van der Waals surface area contributed by atoms with Crippen molar-refractivity contribution in [1.29, 1.82) is 0 Å². The molecule has 17 heavy (non-hydrogen) atoms. The molecule has 7 nitrogen and oxygen atoms in total. The van der Waals surface area contributed by atoms with E-state index in [4.69, 9.17) is 4.74 Å². The van der Waals surface area contributed by atoms with Crippen LogP contribution in [0.4, 0.5) is 5.82 Å². The van der Waals surface area contributed by atoms with Crippen LogP contribution in [0.3, 0.4) is 0 Å². The number of fused-ring (bicyclic) bond motifs is 1. The molecule has 0 saturated carbocycles. The summed E-state index contributed by atoms with van der Waals surface area (Å²) in [5, 5.41) is 0. The minimum absolute atomic E-state index is 0.138. The lowest BCUT2D eigenvalue weighted by Crippen LogP contribution is -2.28. The van der Waals surface area contributed by atoms with Gasteiger partial charge in [-0.15, -0.1) is 0 Å². The van der Waals surface area contributed by atoms with Gasteiger partial charge < -0.3 is 14.6 Å². The summed E-state index contributed by atoms with van der Waals surface area (Å²) in [7, 11) is 1.76. The summed E-state index contributed by atoms with van der Waals surface area (Å²) >= 11 is 0. The fourth-order valence-corrected chi connectivity index (χ4v) is 1.52.